The van der Waals surface area contributed by atoms with Crippen LogP contribution in [0.4, 0.5) is 0 Å². The van der Waals surface area contributed by atoms with E-state index in [0.29, 0.717) is 46.6 Å². The number of aryl methyl sites for hydroxylation is 1. The molecule has 1 aromatic heterocycles. The van der Waals surface area contributed by atoms with Gasteiger partial charge in [-0.05, 0) is 25.1 Å². The zero-order chi connectivity index (χ0) is 17.3. The molecular weight excluding hydrogens is 353 g/mol. The number of carbonyl (C=O) groups is 1. The average molecular weight is 368 g/mol. The lowest BCUT2D eigenvalue weighted by Gasteiger charge is -2.18. The van der Waals surface area contributed by atoms with E-state index < -0.39 is 5.63 Å². The molecule has 1 saturated heterocycles. The fraction of sp³-hybridized carbons (Fsp3) is 0.294. The Morgan fingerprint density at radius 1 is 1.29 bits per heavy atom. The van der Waals surface area contributed by atoms with Gasteiger partial charge in [-0.25, -0.2) is 4.79 Å². The van der Waals surface area contributed by atoms with E-state index in [0.717, 1.165) is 0 Å². The molecule has 0 N–H and O–H groups in total. The maximum atomic E-state index is 12.6. The molecule has 1 aromatic carbocycles. The predicted molar refractivity (Wildman–Crippen MR) is 91.1 cm³/mol. The smallest absolute Gasteiger partial charge is 0.339 e. The zero-order valence-electron chi connectivity index (χ0n) is 12.9. The first-order valence-corrected chi connectivity index (χ1v) is 8.21. The van der Waals surface area contributed by atoms with Gasteiger partial charge in [0.25, 0.3) is 5.91 Å². The van der Waals surface area contributed by atoms with Gasteiger partial charge in [-0.15, -0.1) is 0 Å². The van der Waals surface area contributed by atoms with Gasteiger partial charge < -0.3 is 14.1 Å². The van der Waals surface area contributed by atoms with Gasteiger partial charge in [-0.2, -0.15) is 0 Å². The van der Waals surface area contributed by atoms with E-state index in [2.05, 4.69) is 0 Å². The number of likely N-dealkylation sites (tertiary alicyclic amines) is 1. The molecule has 0 saturated carbocycles. The summed E-state index contributed by atoms with van der Waals surface area (Å²) in [5.41, 5.74) is -0.0400. The lowest BCUT2D eigenvalue weighted by Crippen LogP contribution is -2.31. The number of hydrogen-bond acceptors (Lipinski definition) is 4. The summed E-state index contributed by atoms with van der Waals surface area (Å²) < 4.78 is 10.7. The number of rotatable bonds is 3. The number of benzene rings is 1. The summed E-state index contributed by atoms with van der Waals surface area (Å²) in [6.45, 7) is 2.67. The molecule has 24 heavy (non-hydrogen) atoms. The fourth-order valence-corrected chi connectivity index (χ4v) is 3.17. The van der Waals surface area contributed by atoms with Crippen molar-refractivity contribution in [2.24, 2.45) is 0 Å². The fourth-order valence-electron chi connectivity index (χ4n) is 2.68. The summed E-state index contributed by atoms with van der Waals surface area (Å²) in [4.78, 5) is 25.6. The van der Waals surface area contributed by atoms with Crippen molar-refractivity contribution in [2.45, 2.75) is 19.4 Å². The van der Waals surface area contributed by atoms with Crippen molar-refractivity contribution in [3.05, 3.63) is 62.1 Å². The first-order chi connectivity index (χ1) is 11.4. The molecule has 0 radical (unpaired) electrons. The summed E-state index contributed by atoms with van der Waals surface area (Å²) in [5, 5.41) is 0.811. The SMILES string of the molecule is Cc1cc(OC2CCN(C(=O)c3ccc(Cl)cc3Cl)C2)cc(=O)o1. The van der Waals surface area contributed by atoms with Crippen LogP contribution in [0.15, 0.2) is 39.5 Å². The molecule has 7 heteroatoms. The van der Waals surface area contributed by atoms with Crippen LogP contribution in [-0.2, 0) is 0 Å². The van der Waals surface area contributed by atoms with Crippen LogP contribution in [-0.4, -0.2) is 30.0 Å². The topological polar surface area (TPSA) is 59.8 Å². The normalized spacial score (nSPS) is 17.1. The standard InChI is InChI=1S/C17H15Cl2NO4/c1-10-6-13(8-16(21)23-10)24-12-4-5-20(9-12)17(22)14-3-2-11(18)7-15(14)19/h2-3,6-8,12H,4-5,9H2,1H3. The van der Waals surface area contributed by atoms with Gasteiger partial charge in [0.15, 0.2) is 0 Å². The lowest BCUT2D eigenvalue weighted by molar-refractivity contribution is 0.0772. The van der Waals surface area contributed by atoms with E-state index in [-0.39, 0.29) is 12.0 Å². The Morgan fingerprint density at radius 3 is 2.79 bits per heavy atom. The van der Waals surface area contributed by atoms with Crippen molar-refractivity contribution in [1.82, 2.24) is 4.90 Å². The van der Waals surface area contributed by atoms with Crippen LogP contribution in [0.2, 0.25) is 10.0 Å². The van der Waals surface area contributed by atoms with Gasteiger partial charge in [-0.3, -0.25) is 4.79 Å². The third-order valence-electron chi connectivity index (χ3n) is 3.76. The number of amides is 1. The Kier molecular flexibility index (Phi) is 4.83. The van der Waals surface area contributed by atoms with Crippen LogP contribution >= 0.6 is 23.2 Å². The largest absolute Gasteiger partial charge is 0.488 e. The Bertz CT molecular complexity index is 834. The molecule has 1 atom stereocenters. The van der Waals surface area contributed by atoms with Crippen LogP contribution < -0.4 is 10.4 Å². The van der Waals surface area contributed by atoms with Crippen LogP contribution in [0.1, 0.15) is 22.5 Å². The van der Waals surface area contributed by atoms with Crippen LogP contribution in [0.3, 0.4) is 0 Å². The summed E-state index contributed by atoms with van der Waals surface area (Å²) in [6, 6.07) is 7.76. The second kappa shape index (κ2) is 6.87. The molecule has 3 rings (SSSR count). The molecule has 2 heterocycles. The third-order valence-corrected chi connectivity index (χ3v) is 4.31. The summed E-state index contributed by atoms with van der Waals surface area (Å²) in [7, 11) is 0. The number of halogens is 2. The van der Waals surface area contributed by atoms with Crippen molar-refractivity contribution in [3.8, 4) is 5.75 Å². The van der Waals surface area contributed by atoms with Gasteiger partial charge in [0.05, 0.1) is 23.2 Å². The second-order valence-electron chi connectivity index (χ2n) is 5.63. The van der Waals surface area contributed by atoms with Crippen molar-refractivity contribution in [2.75, 3.05) is 13.1 Å². The highest BCUT2D eigenvalue weighted by atomic mass is 35.5. The van der Waals surface area contributed by atoms with Crippen molar-refractivity contribution in [1.29, 1.82) is 0 Å². The zero-order valence-corrected chi connectivity index (χ0v) is 14.4. The maximum Gasteiger partial charge on any atom is 0.339 e. The number of hydrogen-bond donors (Lipinski definition) is 0. The van der Waals surface area contributed by atoms with Gasteiger partial charge >= 0.3 is 5.63 Å². The minimum absolute atomic E-state index is 0.161. The monoisotopic (exact) mass is 367 g/mol. The van der Waals surface area contributed by atoms with Crippen LogP contribution in [0, 0.1) is 6.92 Å². The lowest BCUT2D eigenvalue weighted by atomic mass is 10.2. The predicted octanol–water partition coefficient (Wildman–Crippen LogP) is 3.55. The highest BCUT2D eigenvalue weighted by molar-refractivity contribution is 6.36. The van der Waals surface area contributed by atoms with Gasteiger partial charge in [0.1, 0.15) is 17.6 Å². The van der Waals surface area contributed by atoms with E-state index in [1.165, 1.54) is 6.07 Å². The molecule has 0 spiro atoms. The Labute approximate surface area is 148 Å². The number of ether oxygens (including phenoxy) is 1. The van der Waals surface area contributed by atoms with E-state index in [9.17, 15) is 9.59 Å². The molecule has 1 fully saturated rings. The highest BCUT2D eigenvalue weighted by Gasteiger charge is 2.29. The van der Waals surface area contributed by atoms with Gasteiger partial charge in [-0.1, -0.05) is 23.2 Å². The summed E-state index contributed by atoms with van der Waals surface area (Å²) in [6.07, 6.45) is 0.497. The molecule has 126 valence electrons. The molecule has 5 nitrogen and oxygen atoms in total. The average Bonchev–Trinajstić information content (AvgIpc) is 2.94. The van der Waals surface area contributed by atoms with Gasteiger partial charge in [0.2, 0.25) is 0 Å². The van der Waals surface area contributed by atoms with Crippen LogP contribution in [0.5, 0.6) is 5.75 Å². The molecule has 0 aliphatic carbocycles. The molecule has 1 amide bonds. The Morgan fingerprint density at radius 2 is 2.08 bits per heavy atom. The maximum absolute atomic E-state index is 12.6. The number of nitrogens with zero attached hydrogens (tertiary/aromatic N) is 1. The summed E-state index contributed by atoms with van der Waals surface area (Å²) >= 11 is 12.0. The van der Waals surface area contributed by atoms with E-state index in [1.54, 1.807) is 36.1 Å². The minimum Gasteiger partial charge on any atom is -0.488 e. The molecule has 1 unspecified atom stereocenters. The van der Waals surface area contributed by atoms with Crippen molar-refractivity contribution >= 4 is 29.1 Å². The Hall–Kier alpha value is -1.98. The van der Waals surface area contributed by atoms with Gasteiger partial charge in [0, 0.05) is 24.1 Å². The Balaban J connectivity index is 1.68. The number of carbonyl (C=O) groups excluding carboxylic acids is 1. The second-order valence-corrected chi connectivity index (χ2v) is 6.47. The first kappa shape index (κ1) is 16.9. The molecule has 0 bridgehead atoms. The van der Waals surface area contributed by atoms with Crippen molar-refractivity contribution < 1.29 is 13.9 Å². The van der Waals surface area contributed by atoms with Crippen molar-refractivity contribution in [3.63, 3.8) is 0 Å². The highest BCUT2D eigenvalue weighted by Crippen LogP contribution is 2.25. The van der Waals surface area contributed by atoms with E-state index in [1.807, 2.05) is 0 Å². The molecule has 2 aromatic rings. The third kappa shape index (κ3) is 3.74. The molecule has 1 aliphatic rings. The quantitative estimate of drug-likeness (QED) is 0.832. The summed E-state index contributed by atoms with van der Waals surface area (Å²) in [5.74, 6) is 0.774. The first-order valence-electron chi connectivity index (χ1n) is 7.45. The van der Waals surface area contributed by atoms with E-state index in [4.69, 9.17) is 32.4 Å². The molecular formula is C17H15Cl2NO4. The van der Waals surface area contributed by atoms with E-state index >= 15 is 0 Å². The van der Waals surface area contributed by atoms with Crippen LogP contribution in [0.25, 0.3) is 0 Å². The molecule has 1 aliphatic heterocycles. The minimum atomic E-state index is -0.455.